The Morgan fingerprint density at radius 3 is 1.89 bits per heavy atom. The van der Waals surface area contributed by atoms with Crippen LogP contribution in [0.2, 0.25) is 5.02 Å². The maximum Gasteiger partial charge on any atom is 0.0654 e. The molecule has 0 aliphatic rings. The smallest absolute Gasteiger partial charge is 0.0654 e. The molecule has 0 unspecified atom stereocenters. The highest BCUT2D eigenvalue weighted by atomic mass is 35.5. The molecule has 0 bridgehead atoms. The zero-order valence-electron chi connectivity index (χ0n) is 20.1. The fourth-order valence-electron chi connectivity index (χ4n) is 5.33. The van der Waals surface area contributed by atoms with E-state index in [9.17, 15) is 0 Å². The van der Waals surface area contributed by atoms with E-state index < -0.39 is 0 Å². The first-order valence-corrected chi connectivity index (χ1v) is 12.8. The highest BCUT2D eigenvalue weighted by Crippen LogP contribution is 2.43. The van der Waals surface area contributed by atoms with Gasteiger partial charge in [-0.2, -0.15) is 0 Å². The summed E-state index contributed by atoms with van der Waals surface area (Å²) >= 11 is 6.96. The molecule has 37 heavy (non-hydrogen) atoms. The molecule has 6 aromatic carbocycles. The average Bonchev–Trinajstić information content (AvgIpc) is 3.28. The third-order valence-electron chi connectivity index (χ3n) is 7.00. The van der Waals surface area contributed by atoms with Gasteiger partial charge in [-0.15, -0.1) is 0 Å². The lowest BCUT2D eigenvalue weighted by Crippen LogP contribution is -2.10. The number of para-hydroxylation sites is 3. The van der Waals surface area contributed by atoms with Gasteiger partial charge >= 0.3 is 0 Å². The standard InChI is InChI=1S/C34H23ClN2/c35-31-21-24-11-7-8-12-25(24)22-34(31)36(26-13-3-1-4-14-26)28-19-20-30-29-17-9-10-18-32(29)37(33(30)23-28)27-15-5-2-6-16-27/h1-23H. The molecule has 176 valence electrons. The van der Waals surface area contributed by atoms with Crippen LogP contribution in [0.25, 0.3) is 38.3 Å². The molecule has 2 nitrogen and oxygen atoms in total. The molecule has 0 spiro atoms. The Hall–Kier alpha value is -4.53. The van der Waals surface area contributed by atoms with Crippen LogP contribution in [0.4, 0.5) is 17.1 Å². The van der Waals surface area contributed by atoms with Crippen molar-refractivity contribution in [3.05, 3.63) is 145 Å². The van der Waals surface area contributed by atoms with Crippen molar-refractivity contribution in [1.82, 2.24) is 4.57 Å². The number of aromatic nitrogens is 1. The highest BCUT2D eigenvalue weighted by Gasteiger charge is 2.19. The topological polar surface area (TPSA) is 8.17 Å². The Morgan fingerprint density at radius 1 is 0.486 bits per heavy atom. The maximum absolute atomic E-state index is 6.96. The van der Waals surface area contributed by atoms with Gasteiger partial charge in [-0.3, -0.25) is 0 Å². The summed E-state index contributed by atoms with van der Waals surface area (Å²) in [5.41, 5.74) is 6.55. The molecule has 3 heteroatoms. The lowest BCUT2D eigenvalue weighted by molar-refractivity contribution is 1.18. The van der Waals surface area contributed by atoms with E-state index >= 15 is 0 Å². The molecule has 7 rings (SSSR count). The van der Waals surface area contributed by atoms with Crippen molar-refractivity contribution >= 4 is 61.2 Å². The van der Waals surface area contributed by atoms with Crippen molar-refractivity contribution in [2.45, 2.75) is 0 Å². The van der Waals surface area contributed by atoms with Crippen LogP contribution in [0.5, 0.6) is 0 Å². The minimum atomic E-state index is 0.714. The summed E-state index contributed by atoms with van der Waals surface area (Å²) in [6.07, 6.45) is 0. The second-order valence-electron chi connectivity index (χ2n) is 9.21. The largest absolute Gasteiger partial charge is 0.309 e. The van der Waals surface area contributed by atoms with E-state index in [1.807, 2.05) is 12.1 Å². The molecule has 0 atom stereocenters. The van der Waals surface area contributed by atoms with Crippen LogP contribution in [0.3, 0.4) is 0 Å². The zero-order chi connectivity index (χ0) is 24.8. The molecule has 1 aromatic heterocycles. The summed E-state index contributed by atoms with van der Waals surface area (Å²) in [6, 6.07) is 48.9. The first-order valence-electron chi connectivity index (χ1n) is 12.4. The average molecular weight is 495 g/mol. The number of hydrogen-bond acceptors (Lipinski definition) is 1. The quantitative estimate of drug-likeness (QED) is 0.236. The van der Waals surface area contributed by atoms with E-state index in [4.69, 9.17) is 11.6 Å². The molecule has 0 aliphatic heterocycles. The Labute approximate surface area is 220 Å². The predicted octanol–water partition coefficient (Wildman–Crippen LogP) is 10.1. The Morgan fingerprint density at radius 2 is 1.11 bits per heavy atom. The molecule has 0 radical (unpaired) electrons. The number of rotatable bonds is 4. The van der Waals surface area contributed by atoms with Crippen LogP contribution in [-0.2, 0) is 0 Å². The fourth-order valence-corrected chi connectivity index (χ4v) is 5.59. The van der Waals surface area contributed by atoms with Crippen molar-refractivity contribution in [2.75, 3.05) is 4.90 Å². The minimum Gasteiger partial charge on any atom is -0.309 e. The molecule has 0 fully saturated rings. The Kier molecular flexibility index (Phi) is 5.20. The van der Waals surface area contributed by atoms with Gasteiger partial charge in [0.1, 0.15) is 0 Å². The third kappa shape index (κ3) is 3.66. The van der Waals surface area contributed by atoms with Gasteiger partial charge in [-0.05, 0) is 65.4 Å². The van der Waals surface area contributed by atoms with Crippen LogP contribution in [0.1, 0.15) is 0 Å². The van der Waals surface area contributed by atoms with Crippen molar-refractivity contribution in [1.29, 1.82) is 0 Å². The lowest BCUT2D eigenvalue weighted by atomic mass is 10.1. The van der Waals surface area contributed by atoms with Crippen LogP contribution in [0, 0.1) is 0 Å². The Bertz CT molecular complexity index is 1890. The number of nitrogens with zero attached hydrogens (tertiary/aromatic N) is 2. The minimum absolute atomic E-state index is 0.714. The van der Waals surface area contributed by atoms with Gasteiger partial charge in [0.25, 0.3) is 0 Å². The second kappa shape index (κ2) is 8.85. The van der Waals surface area contributed by atoms with Crippen LogP contribution in [0.15, 0.2) is 140 Å². The third-order valence-corrected chi connectivity index (χ3v) is 7.30. The molecule has 7 aromatic rings. The summed E-state index contributed by atoms with van der Waals surface area (Å²) in [5, 5.41) is 5.46. The summed E-state index contributed by atoms with van der Waals surface area (Å²) in [6.45, 7) is 0. The Balaban J connectivity index is 1.52. The van der Waals surface area contributed by atoms with Gasteiger partial charge in [0.15, 0.2) is 0 Å². The second-order valence-corrected chi connectivity index (χ2v) is 9.62. The van der Waals surface area contributed by atoms with Crippen molar-refractivity contribution in [2.24, 2.45) is 0 Å². The van der Waals surface area contributed by atoms with E-state index in [1.165, 1.54) is 16.3 Å². The van der Waals surface area contributed by atoms with E-state index in [-0.39, 0.29) is 0 Å². The number of halogens is 1. The highest BCUT2D eigenvalue weighted by molar-refractivity contribution is 6.34. The molecule has 0 amide bonds. The first-order chi connectivity index (χ1) is 18.3. The lowest BCUT2D eigenvalue weighted by Gasteiger charge is -2.27. The van der Waals surface area contributed by atoms with Crippen LogP contribution in [-0.4, -0.2) is 4.57 Å². The summed E-state index contributed by atoms with van der Waals surface area (Å²) < 4.78 is 2.35. The summed E-state index contributed by atoms with van der Waals surface area (Å²) in [7, 11) is 0. The number of hydrogen-bond donors (Lipinski definition) is 0. The van der Waals surface area contributed by atoms with Gasteiger partial charge in [0.05, 0.1) is 21.7 Å². The van der Waals surface area contributed by atoms with Gasteiger partial charge in [0, 0.05) is 27.8 Å². The van der Waals surface area contributed by atoms with Crippen molar-refractivity contribution in [3.63, 3.8) is 0 Å². The van der Waals surface area contributed by atoms with Gasteiger partial charge in [-0.25, -0.2) is 0 Å². The normalized spacial score (nSPS) is 11.4. The SMILES string of the molecule is Clc1cc2ccccc2cc1N(c1ccccc1)c1ccc2c3ccccc3n(-c3ccccc3)c2c1. The summed E-state index contributed by atoms with van der Waals surface area (Å²) in [4.78, 5) is 2.25. The number of benzene rings is 6. The number of anilines is 3. The summed E-state index contributed by atoms with van der Waals surface area (Å²) in [5.74, 6) is 0. The van der Waals surface area contributed by atoms with Gasteiger partial charge < -0.3 is 9.47 Å². The maximum atomic E-state index is 6.96. The zero-order valence-corrected chi connectivity index (χ0v) is 20.8. The fraction of sp³-hybridized carbons (Fsp3) is 0. The van der Waals surface area contributed by atoms with E-state index in [0.29, 0.717) is 5.02 Å². The molecule has 0 N–H and O–H groups in total. The molecule has 0 aliphatic carbocycles. The molecule has 0 saturated carbocycles. The molecular formula is C34H23ClN2. The van der Waals surface area contributed by atoms with E-state index in [0.717, 1.165) is 39.0 Å². The van der Waals surface area contributed by atoms with E-state index in [2.05, 4.69) is 137 Å². The predicted molar refractivity (Wildman–Crippen MR) is 158 cm³/mol. The van der Waals surface area contributed by atoms with Gasteiger partial charge in [0.2, 0.25) is 0 Å². The van der Waals surface area contributed by atoms with Crippen molar-refractivity contribution < 1.29 is 0 Å². The molecular weight excluding hydrogens is 472 g/mol. The monoisotopic (exact) mass is 494 g/mol. The van der Waals surface area contributed by atoms with Crippen molar-refractivity contribution in [3.8, 4) is 5.69 Å². The first kappa shape index (κ1) is 21.7. The van der Waals surface area contributed by atoms with Gasteiger partial charge in [-0.1, -0.05) is 96.5 Å². The molecule has 1 heterocycles. The van der Waals surface area contributed by atoms with Crippen LogP contribution < -0.4 is 4.90 Å². The van der Waals surface area contributed by atoms with Crippen LogP contribution >= 0.6 is 11.6 Å². The molecule has 0 saturated heterocycles. The number of fused-ring (bicyclic) bond motifs is 4. The van der Waals surface area contributed by atoms with E-state index in [1.54, 1.807) is 0 Å².